The van der Waals surface area contributed by atoms with Gasteiger partial charge in [-0.25, -0.2) is 4.79 Å². The lowest BCUT2D eigenvalue weighted by atomic mass is 10.1. The Kier molecular flexibility index (Phi) is 5.38. The zero-order valence-corrected chi connectivity index (χ0v) is 11.9. The van der Waals surface area contributed by atoms with E-state index in [-0.39, 0.29) is 18.6 Å². The highest BCUT2D eigenvalue weighted by atomic mass is 32.2. The van der Waals surface area contributed by atoms with Crippen LogP contribution in [0.3, 0.4) is 0 Å². The summed E-state index contributed by atoms with van der Waals surface area (Å²) < 4.78 is 4.96. The summed E-state index contributed by atoms with van der Waals surface area (Å²) in [5.41, 5.74) is 1.69. The lowest BCUT2D eigenvalue weighted by Gasteiger charge is -2.33. The summed E-state index contributed by atoms with van der Waals surface area (Å²) in [6.45, 7) is 3.72. The smallest absolute Gasteiger partial charge is 0.338 e. The predicted molar refractivity (Wildman–Crippen MR) is 79.6 cm³/mol. The third kappa shape index (κ3) is 3.95. The molecule has 0 spiro atoms. The first-order chi connectivity index (χ1) is 9.72. The summed E-state index contributed by atoms with van der Waals surface area (Å²) in [6, 6.07) is 7.41. The van der Waals surface area contributed by atoms with Crippen LogP contribution in [0.25, 0.3) is 0 Å². The molecule has 0 aliphatic carbocycles. The Labute approximate surface area is 122 Å². The summed E-state index contributed by atoms with van der Waals surface area (Å²) in [6.07, 6.45) is 3.38. The van der Waals surface area contributed by atoms with E-state index < -0.39 is 0 Å². The topological polar surface area (TPSA) is 55.4 Å². The Morgan fingerprint density at radius 3 is 2.75 bits per heavy atom. The van der Waals surface area contributed by atoms with E-state index in [4.69, 9.17) is 4.74 Å². The normalized spacial score (nSPS) is 20.8. The van der Waals surface area contributed by atoms with Crippen molar-refractivity contribution in [3.8, 4) is 0 Å². The lowest BCUT2D eigenvalue weighted by molar-refractivity contribution is -0.111. The molecule has 0 amide bonds. The van der Waals surface area contributed by atoms with Crippen LogP contribution in [-0.4, -0.2) is 30.3 Å². The van der Waals surface area contributed by atoms with E-state index in [1.165, 1.54) is 0 Å². The van der Waals surface area contributed by atoms with Crippen molar-refractivity contribution in [1.82, 2.24) is 5.32 Å². The van der Waals surface area contributed by atoms with Crippen LogP contribution in [0.4, 0.5) is 0 Å². The van der Waals surface area contributed by atoms with Gasteiger partial charge in [-0.1, -0.05) is 24.8 Å². The van der Waals surface area contributed by atoms with Crippen LogP contribution < -0.4 is 5.32 Å². The zero-order chi connectivity index (χ0) is 14.4. The standard InChI is InChI=1S/C15H17NO3S/c1-2-7-19-15(18)12-5-3-11(4-6-12)10-20-14-8-13(9-17)16-14/h2-6,9,13-14,16H,1,7-8,10H2. The van der Waals surface area contributed by atoms with Gasteiger partial charge in [-0.2, -0.15) is 0 Å². The van der Waals surface area contributed by atoms with Crippen molar-refractivity contribution in [3.05, 3.63) is 48.0 Å². The monoisotopic (exact) mass is 291 g/mol. The summed E-state index contributed by atoms with van der Waals surface area (Å²) in [7, 11) is 0. The molecule has 1 fully saturated rings. The number of carbonyl (C=O) groups is 2. The maximum absolute atomic E-state index is 11.6. The van der Waals surface area contributed by atoms with Gasteiger partial charge in [0.15, 0.2) is 0 Å². The Morgan fingerprint density at radius 2 is 2.15 bits per heavy atom. The number of hydrogen-bond acceptors (Lipinski definition) is 5. The van der Waals surface area contributed by atoms with E-state index in [2.05, 4.69) is 11.9 Å². The molecule has 1 aliphatic heterocycles. The van der Waals surface area contributed by atoms with Gasteiger partial charge in [-0.15, -0.1) is 11.8 Å². The molecule has 1 aromatic rings. The van der Waals surface area contributed by atoms with Crippen LogP contribution in [0.1, 0.15) is 22.3 Å². The molecule has 4 nitrogen and oxygen atoms in total. The molecular weight excluding hydrogens is 274 g/mol. The number of thioether (sulfide) groups is 1. The van der Waals surface area contributed by atoms with Crippen LogP contribution in [-0.2, 0) is 15.3 Å². The fraction of sp³-hybridized carbons (Fsp3) is 0.333. The maximum atomic E-state index is 11.6. The van der Waals surface area contributed by atoms with Gasteiger partial charge in [0.05, 0.1) is 17.0 Å². The van der Waals surface area contributed by atoms with Crippen LogP contribution >= 0.6 is 11.8 Å². The summed E-state index contributed by atoms with van der Waals surface area (Å²) in [5.74, 6) is 0.518. The van der Waals surface area contributed by atoms with E-state index >= 15 is 0 Å². The van der Waals surface area contributed by atoms with Gasteiger partial charge in [-0.05, 0) is 24.1 Å². The highest BCUT2D eigenvalue weighted by Crippen LogP contribution is 2.25. The van der Waals surface area contributed by atoms with E-state index in [0.717, 1.165) is 24.0 Å². The molecule has 1 N–H and O–H groups in total. The zero-order valence-electron chi connectivity index (χ0n) is 11.1. The van der Waals surface area contributed by atoms with Crippen molar-refractivity contribution < 1.29 is 14.3 Å². The number of carbonyl (C=O) groups excluding carboxylic acids is 2. The Hall–Kier alpha value is -1.59. The summed E-state index contributed by atoms with van der Waals surface area (Å²) >= 11 is 1.76. The first-order valence-electron chi connectivity index (χ1n) is 6.43. The fourth-order valence-corrected chi connectivity index (χ4v) is 3.01. The van der Waals surface area contributed by atoms with E-state index in [1.54, 1.807) is 30.0 Å². The number of benzene rings is 1. The van der Waals surface area contributed by atoms with Gasteiger partial charge in [0, 0.05) is 5.75 Å². The molecule has 106 valence electrons. The molecule has 0 radical (unpaired) electrons. The van der Waals surface area contributed by atoms with Crippen LogP contribution in [0.2, 0.25) is 0 Å². The second kappa shape index (κ2) is 7.26. The van der Waals surface area contributed by atoms with Gasteiger partial charge < -0.3 is 9.53 Å². The van der Waals surface area contributed by atoms with Crippen LogP contribution in [0, 0.1) is 0 Å². The molecule has 0 aromatic heterocycles. The third-order valence-corrected chi connectivity index (χ3v) is 4.24. The van der Waals surface area contributed by atoms with Crippen LogP contribution in [0.5, 0.6) is 0 Å². The Morgan fingerprint density at radius 1 is 1.45 bits per heavy atom. The third-order valence-electron chi connectivity index (χ3n) is 3.01. The van der Waals surface area contributed by atoms with Crippen molar-refractivity contribution >= 4 is 24.0 Å². The second-order valence-corrected chi connectivity index (χ2v) is 5.72. The summed E-state index contributed by atoms with van der Waals surface area (Å²) in [4.78, 5) is 22.0. The van der Waals surface area contributed by atoms with Crippen molar-refractivity contribution in [3.63, 3.8) is 0 Å². The molecule has 2 unspecified atom stereocenters. The SMILES string of the molecule is C=CCOC(=O)c1ccc(CSC2CC(C=O)N2)cc1. The molecule has 1 aliphatic rings. The van der Waals surface area contributed by atoms with Gasteiger partial charge in [0.1, 0.15) is 12.9 Å². The number of hydrogen-bond donors (Lipinski definition) is 1. The molecular formula is C15H17NO3S. The molecule has 1 aromatic carbocycles. The quantitative estimate of drug-likeness (QED) is 0.474. The van der Waals surface area contributed by atoms with Crippen LogP contribution in [0.15, 0.2) is 36.9 Å². The number of esters is 1. The van der Waals surface area contributed by atoms with E-state index in [0.29, 0.717) is 10.9 Å². The minimum atomic E-state index is -0.335. The minimum absolute atomic E-state index is 0.0227. The van der Waals surface area contributed by atoms with Crippen molar-refractivity contribution in [2.45, 2.75) is 23.6 Å². The predicted octanol–water partition coefficient (Wildman–Crippen LogP) is 2.15. The maximum Gasteiger partial charge on any atom is 0.338 e. The molecule has 5 heteroatoms. The van der Waals surface area contributed by atoms with Gasteiger partial charge in [0.2, 0.25) is 0 Å². The van der Waals surface area contributed by atoms with Crippen molar-refractivity contribution in [2.75, 3.05) is 6.61 Å². The largest absolute Gasteiger partial charge is 0.458 e. The molecule has 20 heavy (non-hydrogen) atoms. The number of rotatable bonds is 7. The molecule has 2 rings (SSSR count). The number of aldehydes is 1. The minimum Gasteiger partial charge on any atom is -0.458 e. The fourth-order valence-electron chi connectivity index (χ4n) is 1.81. The van der Waals surface area contributed by atoms with Crippen molar-refractivity contribution in [1.29, 1.82) is 0 Å². The molecule has 0 saturated carbocycles. The lowest BCUT2D eigenvalue weighted by Crippen LogP contribution is -2.51. The van der Waals surface area contributed by atoms with Gasteiger partial charge in [0.25, 0.3) is 0 Å². The average molecular weight is 291 g/mol. The molecule has 0 bridgehead atoms. The second-order valence-electron chi connectivity index (χ2n) is 4.53. The molecule has 1 heterocycles. The average Bonchev–Trinajstić information content (AvgIpc) is 2.44. The highest BCUT2D eigenvalue weighted by molar-refractivity contribution is 7.99. The summed E-state index contributed by atoms with van der Waals surface area (Å²) in [5, 5.41) is 3.51. The van der Waals surface area contributed by atoms with Crippen molar-refractivity contribution in [2.24, 2.45) is 0 Å². The van der Waals surface area contributed by atoms with Gasteiger partial charge in [-0.3, -0.25) is 5.32 Å². The Bertz CT molecular complexity index is 480. The number of ether oxygens (including phenoxy) is 1. The van der Waals surface area contributed by atoms with E-state index in [1.807, 2.05) is 12.1 Å². The molecule has 2 atom stereocenters. The number of nitrogens with one attached hydrogen (secondary N) is 1. The van der Waals surface area contributed by atoms with Gasteiger partial charge >= 0.3 is 5.97 Å². The highest BCUT2D eigenvalue weighted by Gasteiger charge is 2.27. The first kappa shape index (κ1) is 14.8. The molecule has 1 saturated heterocycles. The Balaban J connectivity index is 1.78. The first-order valence-corrected chi connectivity index (χ1v) is 7.47. The van der Waals surface area contributed by atoms with E-state index in [9.17, 15) is 9.59 Å².